The van der Waals surface area contributed by atoms with E-state index in [4.69, 9.17) is 0 Å². The molecule has 21 heavy (non-hydrogen) atoms. The molecule has 1 aliphatic heterocycles. The summed E-state index contributed by atoms with van der Waals surface area (Å²) in [5, 5.41) is 3.75. The summed E-state index contributed by atoms with van der Waals surface area (Å²) < 4.78 is 0. The first-order valence-corrected chi connectivity index (χ1v) is 9.62. The normalized spacial score (nSPS) is 24.2. The fraction of sp³-hybridized carbons (Fsp3) is 0.684. The van der Waals surface area contributed by atoms with Gasteiger partial charge in [-0.25, -0.2) is 0 Å². The van der Waals surface area contributed by atoms with E-state index in [1.54, 1.807) is 5.56 Å². The number of hydrogen-bond donors (Lipinski definition) is 1. The van der Waals surface area contributed by atoms with Gasteiger partial charge >= 0.3 is 0 Å². The third kappa shape index (κ3) is 3.65. The van der Waals surface area contributed by atoms with Gasteiger partial charge < -0.3 is 5.32 Å². The molecule has 0 aromatic heterocycles. The average Bonchev–Trinajstić information content (AvgIpc) is 2.90. The Morgan fingerprint density at radius 3 is 2.71 bits per heavy atom. The van der Waals surface area contributed by atoms with E-state index in [1.807, 2.05) is 0 Å². The van der Waals surface area contributed by atoms with Gasteiger partial charge in [0.1, 0.15) is 0 Å². The highest BCUT2D eigenvalue weighted by Gasteiger charge is 2.36. The van der Waals surface area contributed by atoms with Crippen molar-refractivity contribution in [2.24, 2.45) is 5.41 Å². The van der Waals surface area contributed by atoms with E-state index >= 15 is 0 Å². The van der Waals surface area contributed by atoms with E-state index in [2.05, 4.69) is 55.2 Å². The zero-order chi connectivity index (χ0) is 14.7. The Morgan fingerprint density at radius 2 is 1.95 bits per heavy atom. The smallest absolute Gasteiger partial charge is 0.0107 e. The summed E-state index contributed by atoms with van der Waals surface area (Å²) in [6.45, 7) is 5.77. The van der Waals surface area contributed by atoms with Crippen LogP contribution >= 0.6 is 11.8 Å². The summed E-state index contributed by atoms with van der Waals surface area (Å²) >= 11 is 2.07. The van der Waals surface area contributed by atoms with Crippen molar-refractivity contribution in [3.05, 3.63) is 29.8 Å². The minimum atomic E-state index is 0.547. The highest BCUT2D eigenvalue weighted by molar-refractivity contribution is 7.99. The molecule has 1 N–H and O–H groups in total. The van der Waals surface area contributed by atoms with Crippen molar-refractivity contribution in [1.29, 1.82) is 0 Å². The molecule has 1 aromatic carbocycles. The monoisotopic (exact) mass is 303 g/mol. The van der Waals surface area contributed by atoms with Crippen LogP contribution in [0.25, 0.3) is 0 Å². The van der Waals surface area contributed by atoms with Crippen LogP contribution in [-0.4, -0.2) is 18.3 Å². The van der Waals surface area contributed by atoms with Crippen LogP contribution in [0.2, 0.25) is 0 Å². The molecule has 1 heterocycles. The number of nitrogens with one attached hydrogen (secondary N) is 1. The second-order valence-corrected chi connectivity index (χ2v) is 8.41. The Bertz CT molecular complexity index is 462. The predicted molar refractivity (Wildman–Crippen MR) is 93.2 cm³/mol. The van der Waals surface area contributed by atoms with Crippen molar-refractivity contribution in [3.8, 4) is 0 Å². The fourth-order valence-electron chi connectivity index (χ4n) is 4.10. The zero-order valence-corrected chi connectivity index (χ0v) is 14.3. The third-order valence-electron chi connectivity index (χ3n) is 5.28. The molecule has 0 radical (unpaired) electrons. The number of thioether (sulfide) groups is 1. The zero-order valence-electron chi connectivity index (χ0n) is 13.5. The first kappa shape index (κ1) is 15.4. The van der Waals surface area contributed by atoms with Gasteiger partial charge in [0.2, 0.25) is 0 Å². The Labute approximate surface area is 134 Å². The Kier molecular flexibility index (Phi) is 4.96. The maximum atomic E-state index is 3.75. The lowest BCUT2D eigenvalue weighted by molar-refractivity contribution is 0.153. The first-order chi connectivity index (χ1) is 10.2. The molecular weight excluding hydrogens is 274 g/mol. The quantitative estimate of drug-likeness (QED) is 0.801. The molecule has 1 atom stereocenters. The molecule has 0 amide bonds. The lowest BCUT2D eigenvalue weighted by atomic mass is 9.68. The van der Waals surface area contributed by atoms with Crippen LogP contribution in [0.3, 0.4) is 0 Å². The SMILES string of the molecule is CC(C)NCC1(CC2CSc3ccccc32)CCCCC1. The topological polar surface area (TPSA) is 12.0 Å². The number of hydrogen-bond acceptors (Lipinski definition) is 2. The molecule has 2 aliphatic rings. The maximum Gasteiger partial charge on any atom is 0.0107 e. The molecule has 1 aromatic rings. The third-order valence-corrected chi connectivity index (χ3v) is 6.53. The molecule has 1 saturated carbocycles. The van der Waals surface area contributed by atoms with Crippen LogP contribution in [0.1, 0.15) is 63.9 Å². The summed E-state index contributed by atoms with van der Waals surface area (Å²) in [5.41, 5.74) is 2.17. The molecule has 1 fully saturated rings. The lowest BCUT2D eigenvalue weighted by Crippen LogP contribution is -2.40. The molecule has 0 bridgehead atoms. The summed E-state index contributed by atoms with van der Waals surface area (Å²) in [4.78, 5) is 1.53. The van der Waals surface area contributed by atoms with Crippen LogP contribution in [-0.2, 0) is 0 Å². The molecule has 116 valence electrons. The molecule has 3 rings (SSSR count). The average molecular weight is 304 g/mol. The van der Waals surface area contributed by atoms with Gasteiger partial charge in [-0.2, -0.15) is 0 Å². The lowest BCUT2D eigenvalue weighted by Gasteiger charge is -2.40. The fourth-order valence-corrected chi connectivity index (χ4v) is 5.35. The van der Waals surface area contributed by atoms with Gasteiger partial charge in [0.15, 0.2) is 0 Å². The second kappa shape index (κ2) is 6.75. The Hall–Kier alpha value is -0.470. The van der Waals surface area contributed by atoms with E-state index in [1.165, 1.54) is 55.7 Å². The standard InChI is InChI=1S/C19H29NS/c1-15(2)20-14-19(10-6-3-7-11-19)12-16-13-21-18-9-5-4-8-17(16)18/h4-5,8-9,15-16,20H,3,6-7,10-14H2,1-2H3. The Morgan fingerprint density at radius 1 is 1.19 bits per heavy atom. The summed E-state index contributed by atoms with van der Waals surface area (Å²) in [6, 6.07) is 9.68. The molecule has 1 nitrogen and oxygen atoms in total. The van der Waals surface area contributed by atoms with Crippen LogP contribution < -0.4 is 5.32 Å². The van der Waals surface area contributed by atoms with Crippen molar-refractivity contribution in [2.75, 3.05) is 12.3 Å². The van der Waals surface area contributed by atoms with Crippen molar-refractivity contribution < 1.29 is 0 Å². The second-order valence-electron chi connectivity index (χ2n) is 7.35. The van der Waals surface area contributed by atoms with Crippen molar-refractivity contribution in [3.63, 3.8) is 0 Å². The van der Waals surface area contributed by atoms with E-state index in [-0.39, 0.29) is 0 Å². The van der Waals surface area contributed by atoms with Crippen molar-refractivity contribution in [2.45, 2.75) is 69.2 Å². The number of fused-ring (bicyclic) bond motifs is 1. The minimum Gasteiger partial charge on any atom is -0.314 e. The van der Waals surface area contributed by atoms with Gasteiger partial charge in [-0.15, -0.1) is 11.8 Å². The number of rotatable bonds is 5. The van der Waals surface area contributed by atoms with E-state index in [0.29, 0.717) is 11.5 Å². The van der Waals surface area contributed by atoms with Gasteiger partial charge in [-0.3, -0.25) is 0 Å². The molecular formula is C19H29NS. The summed E-state index contributed by atoms with van der Waals surface area (Å²) in [7, 11) is 0. The van der Waals surface area contributed by atoms with Crippen LogP contribution in [0.4, 0.5) is 0 Å². The van der Waals surface area contributed by atoms with Gasteiger partial charge in [-0.1, -0.05) is 51.3 Å². The van der Waals surface area contributed by atoms with Gasteiger partial charge in [-0.05, 0) is 42.2 Å². The molecule has 0 saturated heterocycles. The van der Waals surface area contributed by atoms with E-state index in [0.717, 1.165) is 5.92 Å². The maximum absolute atomic E-state index is 3.75. The van der Waals surface area contributed by atoms with Crippen molar-refractivity contribution in [1.82, 2.24) is 5.32 Å². The first-order valence-electron chi connectivity index (χ1n) is 8.64. The molecule has 2 heteroatoms. The highest BCUT2D eigenvalue weighted by Crippen LogP contribution is 2.49. The minimum absolute atomic E-state index is 0.547. The summed E-state index contributed by atoms with van der Waals surface area (Å²) in [5.74, 6) is 2.07. The number of benzene rings is 1. The molecule has 0 spiro atoms. The van der Waals surface area contributed by atoms with Gasteiger partial charge in [0, 0.05) is 23.2 Å². The van der Waals surface area contributed by atoms with Crippen molar-refractivity contribution >= 4 is 11.8 Å². The van der Waals surface area contributed by atoms with Gasteiger partial charge in [0.05, 0.1) is 0 Å². The van der Waals surface area contributed by atoms with Gasteiger partial charge in [0.25, 0.3) is 0 Å². The van der Waals surface area contributed by atoms with E-state index in [9.17, 15) is 0 Å². The molecule has 1 aliphatic carbocycles. The predicted octanol–water partition coefficient (Wildman–Crippen LogP) is 5.21. The Balaban J connectivity index is 1.73. The molecule has 1 unspecified atom stereocenters. The summed E-state index contributed by atoms with van der Waals surface area (Å²) in [6.07, 6.45) is 8.55. The van der Waals surface area contributed by atoms with Crippen LogP contribution in [0, 0.1) is 5.41 Å². The van der Waals surface area contributed by atoms with Crippen LogP contribution in [0.15, 0.2) is 29.2 Å². The van der Waals surface area contributed by atoms with E-state index < -0.39 is 0 Å². The highest BCUT2D eigenvalue weighted by atomic mass is 32.2. The van der Waals surface area contributed by atoms with Crippen LogP contribution in [0.5, 0.6) is 0 Å². The largest absolute Gasteiger partial charge is 0.314 e.